The van der Waals surface area contributed by atoms with Crippen LogP contribution in [0.5, 0.6) is 0 Å². The molecule has 0 saturated carbocycles. The molecule has 0 aliphatic carbocycles. The Morgan fingerprint density at radius 1 is 1.12 bits per heavy atom. The Hall–Kier alpha value is -2.66. The van der Waals surface area contributed by atoms with Gasteiger partial charge in [0.05, 0.1) is 11.5 Å². The number of amides is 1. The maximum atomic E-state index is 12.7. The first kappa shape index (κ1) is 14.9. The maximum Gasteiger partial charge on any atom is 0.253 e. The summed E-state index contributed by atoms with van der Waals surface area (Å²) < 4.78 is 5.49. The van der Waals surface area contributed by atoms with Gasteiger partial charge in [0.1, 0.15) is 5.52 Å². The molecule has 1 amide bonds. The summed E-state index contributed by atoms with van der Waals surface area (Å²) in [5, 5.41) is 14.5. The van der Waals surface area contributed by atoms with Crippen molar-refractivity contribution in [1.82, 2.24) is 10.1 Å². The van der Waals surface area contributed by atoms with Crippen molar-refractivity contribution in [1.29, 1.82) is 0 Å². The van der Waals surface area contributed by atoms with Crippen LogP contribution >= 0.6 is 0 Å². The summed E-state index contributed by atoms with van der Waals surface area (Å²) in [5.41, 5.74) is 2.30. The fourth-order valence-electron chi connectivity index (χ4n) is 3.12. The summed E-state index contributed by atoms with van der Waals surface area (Å²) in [5.74, 6) is 0.665. The zero-order chi connectivity index (χ0) is 16.5. The van der Waals surface area contributed by atoms with Gasteiger partial charge in [-0.3, -0.25) is 4.79 Å². The van der Waals surface area contributed by atoms with E-state index in [1.165, 1.54) is 0 Å². The topological polar surface area (TPSA) is 66.6 Å². The van der Waals surface area contributed by atoms with Crippen molar-refractivity contribution in [3.8, 4) is 11.3 Å². The number of likely N-dealkylation sites (tertiary alicyclic amines) is 1. The Morgan fingerprint density at radius 3 is 2.62 bits per heavy atom. The maximum absolute atomic E-state index is 12.7. The van der Waals surface area contributed by atoms with Crippen LogP contribution in [0.2, 0.25) is 0 Å². The average Bonchev–Trinajstić information content (AvgIpc) is 3.05. The van der Waals surface area contributed by atoms with Gasteiger partial charge < -0.3 is 14.5 Å². The van der Waals surface area contributed by atoms with Crippen LogP contribution in [0.4, 0.5) is 0 Å². The van der Waals surface area contributed by atoms with Gasteiger partial charge >= 0.3 is 0 Å². The molecular weight excluding hydrogens is 304 g/mol. The number of nitrogens with zero attached hydrogens (tertiary/aromatic N) is 2. The number of carbonyl (C=O) groups excluding carboxylic acids is 1. The van der Waals surface area contributed by atoms with Crippen LogP contribution in [-0.4, -0.2) is 40.3 Å². The number of aliphatic hydroxyl groups excluding tert-OH is 1. The van der Waals surface area contributed by atoms with Crippen molar-refractivity contribution in [2.45, 2.75) is 18.9 Å². The second-order valence-electron chi connectivity index (χ2n) is 6.13. The molecule has 24 heavy (non-hydrogen) atoms. The highest BCUT2D eigenvalue weighted by Crippen LogP contribution is 2.29. The fourth-order valence-corrected chi connectivity index (χ4v) is 3.12. The molecule has 1 saturated heterocycles. The standard InChI is InChI=1S/C19H18N2O3/c22-15-8-10-21(11-9-15)19(23)14-6-7-17-16(12-14)18(24-20-17)13-4-2-1-3-5-13/h1-7,12,15,22H,8-11H2. The summed E-state index contributed by atoms with van der Waals surface area (Å²) >= 11 is 0. The third-order valence-electron chi connectivity index (χ3n) is 4.51. The van der Waals surface area contributed by atoms with Crippen LogP contribution < -0.4 is 0 Å². The summed E-state index contributed by atoms with van der Waals surface area (Å²) in [6, 6.07) is 15.2. The smallest absolute Gasteiger partial charge is 0.253 e. The third-order valence-corrected chi connectivity index (χ3v) is 4.51. The molecule has 1 aliphatic rings. The van der Waals surface area contributed by atoms with Gasteiger partial charge in [-0.25, -0.2) is 0 Å². The van der Waals surface area contributed by atoms with Crippen molar-refractivity contribution < 1.29 is 14.4 Å². The van der Waals surface area contributed by atoms with E-state index in [-0.39, 0.29) is 12.0 Å². The molecule has 0 bridgehead atoms. The minimum atomic E-state index is -0.292. The van der Waals surface area contributed by atoms with Crippen LogP contribution in [0.1, 0.15) is 23.2 Å². The molecule has 0 atom stereocenters. The minimum Gasteiger partial charge on any atom is -0.393 e. The van der Waals surface area contributed by atoms with Gasteiger partial charge in [0, 0.05) is 24.2 Å². The Balaban J connectivity index is 1.69. The number of hydrogen-bond acceptors (Lipinski definition) is 4. The van der Waals surface area contributed by atoms with E-state index in [1.54, 1.807) is 11.0 Å². The molecule has 1 aromatic heterocycles. The van der Waals surface area contributed by atoms with E-state index in [4.69, 9.17) is 4.52 Å². The third kappa shape index (κ3) is 2.67. The Labute approximate surface area is 139 Å². The molecule has 1 fully saturated rings. The summed E-state index contributed by atoms with van der Waals surface area (Å²) in [4.78, 5) is 14.5. The first-order valence-electron chi connectivity index (χ1n) is 8.14. The zero-order valence-corrected chi connectivity index (χ0v) is 13.2. The number of fused-ring (bicyclic) bond motifs is 1. The van der Waals surface area contributed by atoms with Crippen molar-refractivity contribution >= 4 is 16.8 Å². The zero-order valence-electron chi connectivity index (χ0n) is 13.2. The van der Waals surface area contributed by atoms with Gasteiger partial charge in [0.25, 0.3) is 5.91 Å². The second kappa shape index (κ2) is 6.09. The van der Waals surface area contributed by atoms with Gasteiger partial charge in [-0.2, -0.15) is 0 Å². The summed E-state index contributed by atoms with van der Waals surface area (Å²) in [6.07, 6.45) is 0.979. The predicted molar refractivity (Wildman–Crippen MR) is 90.6 cm³/mol. The Bertz CT molecular complexity index is 865. The minimum absolute atomic E-state index is 0.0102. The molecule has 3 aromatic rings. The van der Waals surface area contributed by atoms with E-state index in [0.29, 0.717) is 37.3 Å². The summed E-state index contributed by atoms with van der Waals surface area (Å²) in [6.45, 7) is 1.18. The van der Waals surface area contributed by atoms with Crippen molar-refractivity contribution in [3.63, 3.8) is 0 Å². The monoisotopic (exact) mass is 322 g/mol. The lowest BCUT2D eigenvalue weighted by Gasteiger charge is -2.29. The molecule has 5 heteroatoms. The van der Waals surface area contributed by atoms with E-state index in [2.05, 4.69) is 5.16 Å². The van der Waals surface area contributed by atoms with Gasteiger partial charge in [0.15, 0.2) is 5.76 Å². The molecule has 2 aromatic carbocycles. The number of benzene rings is 2. The quantitative estimate of drug-likeness (QED) is 0.787. The first-order valence-corrected chi connectivity index (χ1v) is 8.14. The van der Waals surface area contributed by atoms with Gasteiger partial charge in [-0.15, -0.1) is 0 Å². The van der Waals surface area contributed by atoms with Crippen molar-refractivity contribution in [2.75, 3.05) is 13.1 Å². The number of aromatic nitrogens is 1. The largest absolute Gasteiger partial charge is 0.393 e. The SMILES string of the molecule is O=C(c1ccc2noc(-c3ccccc3)c2c1)N1CCC(O)CC1. The van der Waals surface area contributed by atoms with E-state index < -0.39 is 0 Å². The Kier molecular flexibility index (Phi) is 3.78. The first-order chi connectivity index (χ1) is 11.7. The lowest BCUT2D eigenvalue weighted by Crippen LogP contribution is -2.40. The van der Waals surface area contributed by atoms with Crippen LogP contribution in [-0.2, 0) is 0 Å². The molecule has 122 valence electrons. The molecule has 2 heterocycles. The van der Waals surface area contributed by atoms with Crippen LogP contribution in [0.25, 0.3) is 22.2 Å². The molecule has 5 nitrogen and oxygen atoms in total. The highest BCUT2D eigenvalue weighted by atomic mass is 16.5. The van der Waals surface area contributed by atoms with Crippen molar-refractivity contribution in [3.05, 3.63) is 54.1 Å². The van der Waals surface area contributed by atoms with Gasteiger partial charge in [-0.05, 0) is 31.0 Å². The molecule has 0 spiro atoms. The fraction of sp³-hybridized carbons (Fsp3) is 0.263. The summed E-state index contributed by atoms with van der Waals surface area (Å²) in [7, 11) is 0. The van der Waals surface area contributed by atoms with E-state index in [9.17, 15) is 9.90 Å². The van der Waals surface area contributed by atoms with Crippen LogP contribution in [0, 0.1) is 0 Å². The van der Waals surface area contributed by atoms with Crippen LogP contribution in [0.3, 0.4) is 0 Å². The number of rotatable bonds is 2. The van der Waals surface area contributed by atoms with Gasteiger partial charge in [-0.1, -0.05) is 35.5 Å². The van der Waals surface area contributed by atoms with Gasteiger partial charge in [0.2, 0.25) is 0 Å². The van der Waals surface area contributed by atoms with Crippen molar-refractivity contribution in [2.24, 2.45) is 0 Å². The molecule has 1 N–H and O–H groups in total. The number of carbonyl (C=O) groups is 1. The van der Waals surface area contributed by atoms with E-state index in [1.807, 2.05) is 42.5 Å². The highest BCUT2D eigenvalue weighted by molar-refractivity contribution is 6.01. The molecule has 0 radical (unpaired) electrons. The molecule has 1 aliphatic heterocycles. The number of piperidine rings is 1. The number of aliphatic hydroxyl groups is 1. The average molecular weight is 322 g/mol. The lowest BCUT2D eigenvalue weighted by atomic mass is 10.0. The van der Waals surface area contributed by atoms with Crippen LogP contribution in [0.15, 0.2) is 53.1 Å². The molecular formula is C19H18N2O3. The predicted octanol–water partition coefficient (Wildman–Crippen LogP) is 3.09. The lowest BCUT2D eigenvalue weighted by molar-refractivity contribution is 0.0546. The molecule has 4 rings (SSSR count). The number of hydrogen-bond donors (Lipinski definition) is 1. The normalized spacial score (nSPS) is 15.8. The Morgan fingerprint density at radius 2 is 1.88 bits per heavy atom. The molecule has 0 unspecified atom stereocenters. The van der Waals surface area contributed by atoms with E-state index in [0.717, 1.165) is 16.5 Å². The highest BCUT2D eigenvalue weighted by Gasteiger charge is 2.23. The van der Waals surface area contributed by atoms with E-state index >= 15 is 0 Å². The second-order valence-corrected chi connectivity index (χ2v) is 6.13.